The summed E-state index contributed by atoms with van der Waals surface area (Å²) in [6.45, 7) is 5.69. The second-order valence-corrected chi connectivity index (χ2v) is 7.53. The number of amides is 1. The number of nitrogens with two attached hydrogens (primary N) is 2. The molecule has 0 bridgehead atoms. The van der Waals surface area contributed by atoms with Crippen molar-refractivity contribution < 1.29 is 9.00 Å². The molecule has 0 spiro atoms. The monoisotopic (exact) mass is 289 g/mol. The van der Waals surface area contributed by atoms with Gasteiger partial charge in [0.25, 0.3) is 5.91 Å². The second-order valence-electron chi connectivity index (χ2n) is 4.63. The van der Waals surface area contributed by atoms with Gasteiger partial charge in [0.1, 0.15) is 4.21 Å². The highest BCUT2D eigenvalue weighted by Crippen LogP contribution is 2.22. The van der Waals surface area contributed by atoms with Crippen LogP contribution in [0.2, 0.25) is 0 Å². The van der Waals surface area contributed by atoms with Crippen molar-refractivity contribution in [3.63, 3.8) is 0 Å². The van der Waals surface area contributed by atoms with Gasteiger partial charge in [-0.25, -0.2) is 9.35 Å². The van der Waals surface area contributed by atoms with E-state index < -0.39 is 21.9 Å². The maximum atomic E-state index is 12.2. The van der Waals surface area contributed by atoms with Crippen LogP contribution < -0.4 is 10.9 Å². The van der Waals surface area contributed by atoms with Crippen molar-refractivity contribution in [3.8, 4) is 0 Å². The summed E-state index contributed by atoms with van der Waals surface area (Å²) in [5.74, 6) is -0.319. The Hall–Kier alpha value is -0.760. The third kappa shape index (κ3) is 3.88. The van der Waals surface area contributed by atoms with Crippen LogP contribution in [-0.2, 0) is 14.7 Å². The lowest BCUT2D eigenvalue weighted by Gasteiger charge is -2.10. The van der Waals surface area contributed by atoms with Gasteiger partial charge in [0.15, 0.2) is 9.92 Å². The lowest BCUT2D eigenvalue weighted by Crippen LogP contribution is -2.32. The Kier molecular flexibility index (Phi) is 5.03. The summed E-state index contributed by atoms with van der Waals surface area (Å²) < 4.78 is 16.3. The molecule has 1 aromatic heterocycles. The van der Waals surface area contributed by atoms with Crippen LogP contribution in [0.5, 0.6) is 0 Å². The predicted molar refractivity (Wildman–Crippen MR) is 74.5 cm³/mol. The third-order valence-electron chi connectivity index (χ3n) is 2.35. The molecule has 0 saturated heterocycles. The summed E-state index contributed by atoms with van der Waals surface area (Å²) in [5, 5.41) is 7.42. The average Bonchev–Trinajstić information content (AvgIpc) is 2.63. The van der Waals surface area contributed by atoms with E-state index in [0.717, 1.165) is 5.56 Å². The first-order valence-electron chi connectivity index (χ1n) is 5.62. The zero-order valence-corrected chi connectivity index (χ0v) is 12.4. The zero-order valence-electron chi connectivity index (χ0n) is 10.8. The molecule has 2 atom stereocenters. The van der Waals surface area contributed by atoms with E-state index in [9.17, 15) is 9.00 Å². The minimum absolute atomic E-state index is 0.274. The molecule has 0 saturated carbocycles. The first-order chi connectivity index (χ1) is 8.24. The lowest BCUT2D eigenvalue weighted by atomic mass is 10.0. The van der Waals surface area contributed by atoms with Crippen molar-refractivity contribution in [2.45, 2.75) is 37.4 Å². The van der Waals surface area contributed by atoms with E-state index in [2.05, 4.69) is 4.36 Å². The molecule has 18 heavy (non-hydrogen) atoms. The first-order valence-corrected chi connectivity index (χ1v) is 8.08. The van der Waals surface area contributed by atoms with Crippen LogP contribution >= 0.6 is 11.3 Å². The molecule has 4 N–H and O–H groups in total. The van der Waals surface area contributed by atoms with Crippen LogP contribution in [0.4, 0.5) is 0 Å². The Balaban J connectivity index is 2.99. The van der Waals surface area contributed by atoms with Gasteiger partial charge in [0.05, 0.1) is 6.04 Å². The molecule has 0 aromatic carbocycles. The third-order valence-corrected chi connectivity index (χ3v) is 5.47. The highest BCUT2D eigenvalue weighted by molar-refractivity contribution is 7.93. The molecule has 1 aromatic rings. The van der Waals surface area contributed by atoms with Gasteiger partial charge in [-0.1, -0.05) is 13.8 Å². The van der Waals surface area contributed by atoms with Gasteiger partial charge < -0.3 is 5.73 Å². The Morgan fingerprint density at radius 3 is 2.61 bits per heavy atom. The largest absolute Gasteiger partial charge is 0.320 e. The first kappa shape index (κ1) is 15.3. The summed E-state index contributed by atoms with van der Waals surface area (Å²) in [6.07, 6.45) is 0.501. The number of hydrogen-bond donors (Lipinski definition) is 2. The average molecular weight is 289 g/mol. The maximum Gasteiger partial charge on any atom is 0.271 e. The van der Waals surface area contributed by atoms with Crippen LogP contribution in [0.3, 0.4) is 0 Å². The molecule has 0 aliphatic heterocycles. The van der Waals surface area contributed by atoms with Gasteiger partial charge in [0.2, 0.25) is 0 Å². The van der Waals surface area contributed by atoms with Crippen molar-refractivity contribution >= 4 is 27.2 Å². The Morgan fingerprint density at radius 2 is 2.17 bits per heavy atom. The van der Waals surface area contributed by atoms with Gasteiger partial charge in [-0.15, -0.1) is 15.7 Å². The summed E-state index contributed by atoms with van der Waals surface area (Å²) in [6, 6.07) is 1.05. The predicted octanol–water partition coefficient (Wildman–Crippen LogP) is 1.66. The molecule has 0 aliphatic rings. The molecule has 1 heterocycles. The van der Waals surface area contributed by atoms with Gasteiger partial charge in [0, 0.05) is 0 Å². The van der Waals surface area contributed by atoms with Gasteiger partial charge >= 0.3 is 0 Å². The van der Waals surface area contributed by atoms with Crippen molar-refractivity contribution in [2.75, 3.05) is 0 Å². The minimum Gasteiger partial charge on any atom is -0.320 e. The highest BCUT2D eigenvalue weighted by Gasteiger charge is 2.19. The topological polar surface area (TPSA) is 98.5 Å². The smallest absolute Gasteiger partial charge is 0.271 e. The van der Waals surface area contributed by atoms with E-state index in [1.165, 1.54) is 11.3 Å². The van der Waals surface area contributed by atoms with E-state index in [1.807, 2.05) is 13.8 Å². The molecular formula is C11H19N3O2S2. The van der Waals surface area contributed by atoms with E-state index in [1.54, 1.807) is 18.4 Å². The van der Waals surface area contributed by atoms with Crippen LogP contribution in [0.15, 0.2) is 20.0 Å². The molecule has 1 amide bonds. The van der Waals surface area contributed by atoms with Crippen LogP contribution in [0.25, 0.3) is 0 Å². The Morgan fingerprint density at radius 1 is 1.56 bits per heavy atom. The number of rotatable bonds is 4. The summed E-state index contributed by atoms with van der Waals surface area (Å²) in [5.41, 5.74) is 6.47. The van der Waals surface area contributed by atoms with E-state index >= 15 is 0 Å². The quantitative estimate of drug-likeness (QED) is 0.881. The number of hydrogen-bond acceptors (Lipinski definition) is 4. The SMILES string of the molecule is Cc1ccsc1S(N)(=O)=NC(=O)[C@@H](N)CC(C)C. The second kappa shape index (κ2) is 5.92. The normalized spacial score (nSPS) is 16.3. The van der Waals surface area contributed by atoms with Crippen LogP contribution in [0, 0.1) is 12.8 Å². The van der Waals surface area contributed by atoms with Crippen molar-refractivity contribution in [1.82, 2.24) is 0 Å². The van der Waals surface area contributed by atoms with Gasteiger partial charge in [-0.3, -0.25) is 4.79 Å². The Labute approximate surface area is 112 Å². The summed E-state index contributed by atoms with van der Waals surface area (Å²) in [7, 11) is -3.16. The number of carbonyl (C=O) groups excluding carboxylic acids is 1. The fraction of sp³-hybridized carbons (Fsp3) is 0.545. The highest BCUT2D eigenvalue weighted by atomic mass is 32.2. The number of thiophene rings is 1. The molecule has 7 heteroatoms. The van der Waals surface area contributed by atoms with Crippen LogP contribution in [0.1, 0.15) is 25.8 Å². The number of aryl methyl sites for hydroxylation is 1. The van der Waals surface area contributed by atoms with Gasteiger partial charge in [-0.05, 0) is 36.3 Å². The number of nitrogens with zero attached hydrogens (tertiary/aromatic N) is 1. The molecule has 1 unspecified atom stereocenters. The fourth-order valence-electron chi connectivity index (χ4n) is 1.51. The summed E-state index contributed by atoms with van der Waals surface area (Å²) in [4.78, 5) is 11.8. The fourth-order valence-corrected chi connectivity index (χ4v) is 4.00. The van der Waals surface area contributed by atoms with E-state index in [0.29, 0.717) is 10.6 Å². The summed E-state index contributed by atoms with van der Waals surface area (Å²) >= 11 is 1.24. The van der Waals surface area contributed by atoms with Gasteiger partial charge in [-0.2, -0.15) is 0 Å². The van der Waals surface area contributed by atoms with Crippen molar-refractivity contribution in [1.29, 1.82) is 0 Å². The molecule has 102 valence electrons. The van der Waals surface area contributed by atoms with E-state index in [4.69, 9.17) is 10.9 Å². The molecule has 0 aliphatic carbocycles. The molecule has 0 radical (unpaired) electrons. The molecule has 1 rings (SSSR count). The van der Waals surface area contributed by atoms with Crippen LogP contribution in [-0.4, -0.2) is 16.2 Å². The van der Waals surface area contributed by atoms with Crippen molar-refractivity contribution in [2.24, 2.45) is 21.2 Å². The molecular weight excluding hydrogens is 270 g/mol. The Bertz CT molecular complexity index is 542. The van der Waals surface area contributed by atoms with E-state index in [-0.39, 0.29) is 5.92 Å². The lowest BCUT2D eigenvalue weighted by molar-refractivity contribution is -0.119. The standard InChI is InChI=1S/C11H19N3O2S2/c1-7(2)6-9(12)10(15)14-18(13,16)11-8(3)4-5-17-11/h4-5,7,9H,6,12H2,1-3H3,(H2,13,14,15,16)/t9-,18?/m0/s1. The zero-order chi connectivity index (χ0) is 13.9. The molecule has 0 fully saturated rings. The number of carbonyl (C=O) groups is 1. The molecule has 5 nitrogen and oxygen atoms in total. The minimum atomic E-state index is -3.16. The maximum absolute atomic E-state index is 12.2. The van der Waals surface area contributed by atoms with Crippen molar-refractivity contribution in [3.05, 3.63) is 17.0 Å².